The molecule has 7 nitrogen and oxygen atoms in total. The molecule has 3 N–H and O–H groups in total. The molecular weight excluding hydrogens is 416 g/mol. The van der Waals surface area contributed by atoms with Crippen molar-refractivity contribution in [3.63, 3.8) is 0 Å². The van der Waals surface area contributed by atoms with E-state index in [-0.39, 0.29) is 17.7 Å². The zero-order valence-corrected chi connectivity index (χ0v) is 14.9. The topological polar surface area (TPSA) is 105 Å². The molecule has 0 unspecified atom stereocenters. The number of carboxylic acids is 1. The maximum atomic E-state index is 12.0. The predicted molar refractivity (Wildman–Crippen MR) is 93.7 cm³/mol. The molecule has 0 bridgehead atoms. The molecule has 2 amide bonds. The van der Waals surface area contributed by atoms with Crippen molar-refractivity contribution < 1.29 is 24.2 Å². The van der Waals surface area contributed by atoms with Gasteiger partial charge in [-0.15, -0.1) is 0 Å². The number of carboxylic acid groups (broad SMARTS) is 1. The molecule has 0 aliphatic rings. The molecule has 0 saturated heterocycles. The van der Waals surface area contributed by atoms with Gasteiger partial charge < -0.3 is 9.84 Å². The number of carbonyl (C=O) groups is 3. The van der Waals surface area contributed by atoms with Crippen LogP contribution in [0.5, 0.6) is 5.75 Å². The molecule has 0 aliphatic heterocycles. The Balaban J connectivity index is 1.90. The second-order valence-electron chi connectivity index (χ2n) is 4.72. The highest BCUT2D eigenvalue weighted by Crippen LogP contribution is 2.27. The standard InChI is InChI=1S/C16H12BrClN2O5/c17-9-5-6-13(12(18)7-9)25-8-14(21)19-20-15(22)10-3-1-2-4-11(10)16(23)24/h1-7H,8H2,(H,19,21)(H,20,22)(H,23,24). The van der Waals surface area contributed by atoms with E-state index in [1.165, 1.54) is 24.3 Å². The van der Waals surface area contributed by atoms with E-state index in [1.807, 2.05) is 0 Å². The molecule has 0 heterocycles. The van der Waals surface area contributed by atoms with Gasteiger partial charge in [0.05, 0.1) is 16.1 Å². The number of aromatic carboxylic acids is 1. The Morgan fingerprint density at radius 2 is 1.76 bits per heavy atom. The van der Waals surface area contributed by atoms with Crippen molar-refractivity contribution in [1.82, 2.24) is 10.9 Å². The van der Waals surface area contributed by atoms with Gasteiger partial charge in [-0.2, -0.15) is 0 Å². The van der Waals surface area contributed by atoms with Gasteiger partial charge in [-0.1, -0.05) is 39.7 Å². The number of carbonyl (C=O) groups excluding carboxylic acids is 2. The molecule has 0 saturated carbocycles. The minimum atomic E-state index is -1.25. The highest BCUT2D eigenvalue weighted by Gasteiger charge is 2.16. The van der Waals surface area contributed by atoms with E-state index in [2.05, 4.69) is 26.8 Å². The minimum Gasteiger partial charge on any atom is -0.482 e. The van der Waals surface area contributed by atoms with Crippen molar-refractivity contribution in [3.8, 4) is 5.75 Å². The summed E-state index contributed by atoms with van der Waals surface area (Å²) < 4.78 is 6.01. The lowest BCUT2D eigenvalue weighted by molar-refractivity contribution is -0.123. The van der Waals surface area contributed by atoms with E-state index < -0.39 is 17.8 Å². The van der Waals surface area contributed by atoms with Crippen molar-refractivity contribution in [2.24, 2.45) is 0 Å². The van der Waals surface area contributed by atoms with Crippen LogP contribution in [0.1, 0.15) is 20.7 Å². The van der Waals surface area contributed by atoms with Crippen LogP contribution in [0.4, 0.5) is 0 Å². The number of benzene rings is 2. The second kappa shape index (κ2) is 8.50. The molecule has 0 aliphatic carbocycles. The Morgan fingerprint density at radius 3 is 2.40 bits per heavy atom. The van der Waals surface area contributed by atoms with E-state index in [9.17, 15) is 14.4 Å². The van der Waals surface area contributed by atoms with Gasteiger partial charge in [-0.3, -0.25) is 20.4 Å². The summed E-state index contributed by atoms with van der Waals surface area (Å²) >= 11 is 9.20. The Kier molecular flexibility index (Phi) is 6.37. The zero-order chi connectivity index (χ0) is 18.4. The third kappa shape index (κ3) is 5.20. The van der Waals surface area contributed by atoms with Crippen LogP contribution in [0.2, 0.25) is 5.02 Å². The molecule has 0 fully saturated rings. The summed E-state index contributed by atoms with van der Waals surface area (Å²) in [5, 5.41) is 9.37. The summed E-state index contributed by atoms with van der Waals surface area (Å²) in [6, 6.07) is 10.5. The molecule has 9 heteroatoms. The summed E-state index contributed by atoms with van der Waals surface area (Å²) in [5.41, 5.74) is 4.02. The maximum absolute atomic E-state index is 12.0. The molecule has 2 aromatic carbocycles. The van der Waals surface area contributed by atoms with Crippen LogP contribution in [0.25, 0.3) is 0 Å². The van der Waals surface area contributed by atoms with Gasteiger partial charge in [0.2, 0.25) is 0 Å². The van der Waals surface area contributed by atoms with Crippen LogP contribution >= 0.6 is 27.5 Å². The fourth-order valence-electron chi connectivity index (χ4n) is 1.83. The lowest BCUT2D eigenvalue weighted by Gasteiger charge is -2.11. The predicted octanol–water partition coefficient (Wildman–Crippen LogP) is 2.64. The third-order valence-corrected chi connectivity index (χ3v) is 3.76. The monoisotopic (exact) mass is 426 g/mol. The van der Waals surface area contributed by atoms with E-state index >= 15 is 0 Å². The summed E-state index contributed by atoms with van der Waals surface area (Å²) in [6.07, 6.45) is 0. The number of rotatable bonds is 5. The van der Waals surface area contributed by atoms with E-state index in [4.69, 9.17) is 21.4 Å². The SMILES string of the molecule is O=C(COc1ccc(Br)cc1Cl)NNC(=O)c1ccccc1C(=O)O. The summed E-state index contributed by atoms with van der Waals surface area (Å²) in [4.78, 5) is 34.8. The summed E-state index contributed by atoms with van der Waals surface area (Å²) in [5.74, 6) is -2.33. The van der Waals surface area contributed by atoms with E-state index in [0.29, 0.717) is 10.8 Å². The van der Waals surface area contributed by atoms with Crippen molar-refractivity contribution >= 4 is 45.3 Å². The number of amides is 2. The molecule has 130 valence electrons. The summed E-state index contributed by atoms with van der Waals surface area (Å²) in [7, 11) is 0. The molecule has 2 aromatic rings. The Bertz CT molecular complexity index is 828. The molecule has 2 rings (SSSR count). The zero-order valence-electron chi connectivity index (χ0n) is 12.6. The van der Waals surface area contributed by atoms with E-state index in [1.54, 1.807) is 18.2 Å². The van der Waals surface area contributed by atoms with Gasteiger partial charge in [-0.05, 0) is 30.3 Å². The van der Waals surface area contributed by atoms with Crippen LogP contribution in [-0.4, -0.2) is 29.5 Å². The average molecular weight is 428 g/mol. The number of hydrogen-bond acceptors (Lipinski definition) is 4. The average Bonchev–Trinajstić information content (AvgIpc) is 2.58. The van der Waals surface area contributed by atoms with Crippen LogP contribution in [0.15, 0.2) is 46.9 Å². The van der Waals surface area contributed by atoms with Crippen LogP contribution in [0.3, 0.4) is 0 Å². The molecular formula is C16H12BrClN2O5. The van der Waals surface area contributed by atoms with Gasteiger partial charge in [0, 0.05) is 4.47 Å². The number of halogens is 2. The first-order valence-electron chi connectivity index (χ1n) is 6.88. The van der Waals surface area contributed by atoms with Gasteiger partial charge in [0.25, 0.3) is 11.8 Å². The highest BCUT2D eigenvalue weighted by molar-refractivity contribution is 9.10. The van der Waals surface area contributed by atoms with Crippen molar-refractivity contribution in [3.05, 3.63) is 63.1 Å². The molecule has 0 spiro atoms. The van der Waals surface area contributed by atoms with Gasteiger partial charge in [0.15, 0.2) is 6.61 Å². The highest BCUT2D eigenvalue weighted by atomic mass is 79.9. The van der Waals surface area contributed by atoms with Crippen molar-refractivity contribution in [1.29, 1.82) is 0 Å². The van der Waals surface area contributed by atoms with Gasteiger partial charge in [0.1, 0.15) is 5.75 Å². The molecule has 0 aromatic heterocycles. The Hall–Kier alpha value is -2.58. The normalized spacial score (nSPS) is 10.0. The van der Waals surface area contributed by atoms with Gasteiger partial charge >= 0.3 is 5.97 Å². The van der Waals surface area contributed by atoms with Gasteiger partial charge in [-0.25, -0.2) is 4.79 Å². The van der Waals surface area contributed by atoms with Crippen molar-refractivity contribution in [2.75, 3.05) is 6.61 Å². The largest absolute Gasteiger partial charge is 0.482 e. The Labute approximate surface area is 156 Å². The first-order chi connectivity index (χ1) is 11.9. The van der Waals surface area contributed by atoms with Crippen molar-refractivity contribution in [2.45, 2.75) is 0 Å². The summed E-state index contributed by atoms with van der Waals surface area (Å²) in [6.45, 7) is -0.387. The fraction of sp³-hybridized carbons (Fsp3) is 0.0625. The third-order valence-electron chi connectivity index (χ3n) is 2.97. The molecule has 0 atom stereocenters. The molecule has 0 radical (unpaired) electrons. The quantitative estimate of drug-likeness (QED) is 0.636. The second-order valence-corrected chi connectivity index (χ2v) is 6.04. The van der Waals surface area contributed by atoms with Crippen LogP contribution < -0.4 is 15.6 Å². The smallest absolute Gasteiger partial charge is 0.336 e. The lowest BCUT2D eigenvalue weighted by atomic mass is 10.1. The molecule has 25 heavy (non-hydrogen) atoms. The lowest BCUT2D eigenvalue weighted by Crippen LogP contribution is -2.44. The van der Waals surface area contributed by atoms with Crippen LogP contribution in [-0.2, 0) is 4.79 Å². The number of hydrazine groups is 1. The number of nitrogens with one attached hydrogen (secondary N) is 2. The van der Waals surface area contributed by atoms with Crippen LogP contribution in [0, 0.1) is 0 Å². The number of hydrogen-bond donors (Lipinski definition) is 3. The number of ether oxygens (including phenoxy) is 1. The Morgan fingerprint density at radius 1 is 1.08 bits per heavy atom. The fourth-order valence-corrected chi connectivity index (χ4v) is 2.56. The van der Waals surface area contributed by atoms with E-state index in [0.717, 1.165) is 4.47 Å². The first-order valence-corrected chi connectivity index (χ1v) is 8.05. The minimum absolute atomic E-state index is 0.0767. The maximum Gasteiger partial charge on any atom is 0.336 e. The first kappa shape index (κ1) is 18.8.